The highest BCUT2D eigenvalue weighted by atomic mass is 32.1. The number of thiocarbonyl (C=S) groups is 1. The zero-order valence-electron chi connectivity index (χ0n) is 17.3. The van der Waals surface area contributed by atoms with Crippen molar-refractivity contribution in [2.45, 2.75) is 0 Å². The zero-order valence-corrected chi connectivity index (χ0v) is 18.1. The van der Waals surface area contributed by atoms with Gasteiger partial charge in [-0.3, -0.25) is 20.5 Å². The van der Waals surface area contributed by atoms with Crippen LogP contribution >= 0.6 is 12.2 Å². The lowest BCUT2D eigenvalue weighted by Gasteiger charge is -2.13. The summed E-state index contributed by atoms with van der Waals surface area (Å²) >= 11 is 4.95. The summed E-state index contributed by atoms with van der Waals surface area (Å²) in [4.78, 5) is 19.0. The standard InChI is InChI=1S/C23H24N4O3S/c1-27(2)20-7-3-16(4-8-20)18-13-19(15-24-14-18)22(28)25-11-12-30-21-9-5-17(6-10-21)23(31)26-29/h3-10,13-15,29H,11-12H2,1-2H3,(H,25,28)(H,26,31). The number of hydrogen-bond donors (Lipinski definition) is 3. The number of amides is 1. The third-order valence-corrected chi connectivity index (χ3v) is 4.92. The SMILES string of the molecule is CN(C)c1ccc(-c2cncc(C(=O)NCCOc3ccc(C(=S)NO)cc3)c2)cc1. The molecule has 1 heterocycles. The van der Waals surface area contributed by atoms with Crippen molar-refractivity contribution in [1.82, 2.24) is 15.8 Å². The summed E-state index contributed by atoms with van der Waals surface area (Å²) in [5, 5.41) is 11.7. The van der Waals surface area contributed by atoms with Gasteiger partial charge in [-0.2, -0.15) is 0 Å². The second-order valence-corrected chi connectivity index (χ2v) is 7.38. The molecule has 0 fully saturated rings. The van der Waals surface area contributed by atoms with Gasteiger partial charge < -0.3 is 15.0 Å². The number of anilines is 1. The van der Waals surface area contributed by atoms with E-state index in [0.717, 1.165) is 16.8 Å². The molecule has 0 aliphatic heterocycles. The number of hydroxylamine groups is 1. The molecule has 0 saturated heterocycles. The van der Waals surface area contributed by atoms with E-state index in [-0.39, 0.29) is 10.9 Å². The Balaban J connectivity index is 1.53. The van der Waals surface area contributed by atoms with E-state index in [0.29, 0.717) is 30.0 Å². The molecule has 0 bridgehead atoms. The van der Waals surface area contributed by atoms with Crippen LogP contribution in [-0.4, -0.2) is 48.3 Å². The maximum absolute atomic E-state index is 12.5. The highest BCUT2D eigenvalue weighted by Gasteiger charge is 2.08. The summed E-state index contributed by atoms with van der Waals surface area (Å²) in [6.07, 6.45) is 3.29. The number of pyridine rings is 1. The van der Waals surface area contributed by atoms with Gasteiger partial charge >= 0.3 is 0 Å². The summed E-state index contributed by atoms with van der Waals surface area (Å²) < 4.78 is 5.62. The van der Waals surface area contributed by atoms with Gasteiger partial charge in [0.25, 0.3) is 5.91 Å². The largest absolute Gasteiger partial charge is 0.492 e. The number of carbonyl (C=O) groups excluding carboxylic acids is 1. The number of ether oxygens (including phenoxy) is 1. The van der Waals surface area contributed by atoms with Crippen LogP contribution in [-0.2, 0) is 0 Å². The first-order valence-corrected chi connectivity index (χ1v) is 10.1. The summed E-state index contributed by atoms with van der Waals surface area (Å²) in [7, 11) is 3.98. The van der Waals surface area contributed by atoms with Crippen molar-refractivity contribution >= 4 is 28.8 Å². The van der Waals surface area contributed by atoms with Crippen molar-refractivity contribution in [2.24, 2.45) is 0 Å². The van der Waals surface area contributed by atoms with Crippen molar-refractivity contribution in [3.05, 3.63) is 78.1 Å². The highest BCUT2D eigenvalue weighted by molar-refractivity contribution is 7.80. The minimum absolute atomic E-state index is 0.211. The van der Waals surface area contributed by atoms with Gasteiger partial charge in [0.05, 0.1) is 12.1 Å². The number of carbonyl (C=O) groups is 1. The molecule has 0 aliphatic carbocycles. The molecule has 3 N–H and O–H groups in total. The van der Waals surface area contributed by atoms with Crippen molar-refractivity contribution < 1.29 is 14.7 Å². The van der Waals surface area contributed by atoms with Gasteiger partial charge in [-0.25, -0.2) is 0 Å². The molecular formula is C23H24N4O3S. The molecule has 3 rings (SSSR count). The van der Waals surface area contributed by atoms with Gasteiger partial charge in [0.15, 0.2) is 0 Å². The number of rotatable bonds is 8. The fourth-order valence-corrected chi connectivity index (χ4v) is 3.01. The average molecular weight is 437 g/mol. The Morgan fingerprint density at radius 1 is 1.03 bits per heavy atom. The molecule has 31 heavy (non-hydrogen) atoms. The molecule has 160 valence electrons. The van der Waals surface area contributed by atoms with E-state index in [1.807, 2.05) is 54.8 Å². The molecule has 8 heteroatoms. The van der Waals surface area contributed by atoms with Gasteiger partial charge in [-0.05, 0) is 48.0 Å². The van der Waals surface area contributed by atoms with Crippen LogP contribution in [0.15, 0.2) is 67.0 Å². The van der Waals surface area contributed by atoms with Crippen molar-refractivity contribution in [1.29, 1.82) is 0 Å². The first-order chi connectivity index (χ1) is 15.0. The van der Waals surface area contributed by atoms with Crippen LogP contribution in [0.5, 0.6) is 5.75 Å². The zero-order chi connectivity index (χ0) is 22.2. The molecular weight excluding hydrogens is 412 g/mol. The smallest absolute Gasteiger partial charge is 0.252 e. The highest BCUT2D eigenvalue weighted by Crippen LogP contribution is 2.22. The van der Waals surface area contributed by atoms with Crippen LogP contribution in [0.2, 0.25) is 0 Å². The van der Waals surface area contributed by atoms with E-state index in [1.54, 1.807) is 36.7 Å². The minimum Gasteiger partial charge on any atom is -0.492 e. The Kier molecular flexibility index (Phi) is 7.53. The third-order valence-electron chi connectivity index (χ3n) is 4.59. The second-order valence-electron chi connectivity index (χ2n) is 6.97. The molecule has 0 aliphatic rings. The number of benzene rings is 2. The summed E-state index contributed by atoms with van der Waals surface area (Å²) in [6.45, 7) is 0.659. The van der Waals surface area contributed by atoms with Crippen LogP contribution < -0.4 is 20.4 Å². The van der Waals surface area contributed by atoms with Crippen LogP contribution in [0.1, 0.15) is 15.9 Å². The summed E-state index contributed by atoms with van der Waals surface area (Å²) in [5.41, 5.74) is 6.09. The Bertz CT molecular complexity index is 1040. The van der Waals surface area contributed by atoms with Gasteiger partial charge in [-0.15, -0.1) is 0 Å². The third kappa shape index (κ3) is 6.00. The molecule has 0 atom stereocenters. The van der Waals surface area contributed by atoms with E-state index in [4.69, 9.17) is 22.2 Å². The first kappa shape index (κ1) is 22.2. The van der Waals surface area contributed by atoms with E-state index >= 15 is 0 Å². The lowest BCUT2D eigenvalue weighted by Crippen LogP contribution is -2.28. The number of nitrogens with zero attached hydrogens (tertiary/aromatic N) is 2. The van der Waals surface area contributed by atoms with Crippen LogP contribution in [0.25, 0.3) is 11.1 Å². The predicted octanol–water partition coefficient (Wildman–Crippen LogP) is 3.28. The van der Waals surface area contributed by atoms with Crippen LogP contribution in [0.3, 0.4) is 0 Å². The average Bonchev–Trinajstić information content (AvgIpc) is 2.81. The van der Waals surface area contributed by atoms with Gasteiger partial charge in [0.1, 0.15) is 17.3 Å². The van der Waals surface area contributed by atoms with E-state index in [2.05, 4.69) is 10.3 Å². The summed E-state index contributed by atoms with van der Waals surface area (Å²) in [6, 6.07) is 16.9. The molecule has 2 aromatic carbocycles. The molecule has 7 nitrogen and oxygen atoms in total. The van der Waals surface area contributed by atoms with Crippen molar-refractivity contribution in [2.75, 3.05) is 32.1 Å². The molecule has 0 saturated carbocycles. The lowest BCUT2D eigenvalue weighted by molar-refractivity contribution is 0.0946. The van der Waals surface area contributed by atoms with Crippen LogP contribution in [0, 0.1) is 0 Å². The van der Waals surface area contributed by atoms with E-state index < -0.39 is 0 Å². The summed E-state index contributed by atoms with van der Waals surface area (Å²) in [5.74, 6) is 0.432. The maximum atomic E-state index is 12.5. The Morgan fingerprint density at radius 3 is 2.39 bits per heavy atom. The van der Waals surface area contributed by atoms with Crippen molar-refractivity contribution in [3.8, 4) is 16.9 Å². The minimum atomic E-state index is -0.211. The first-order valence-electron chi connectivity index (χ1n) is 9.66. The molecule has 0 radical (unpaired) electrons. The number of aromatic nitrogens is 1. The Labute approximate surface area is 186 Å². The van der Waals surface area contributed by atoms with E-state index in [9.17, 15) is 4.79 Å². The lowest BCUT2D eigenvalue weighted by atomic mass is 10.1. The Hall–Kier alpha value is -3.49. The second kappa shape index (κ2) is 10.5. The normalized spacial score (nSPS) is 10.3. The van der Waals surface area contributed by atoms with Gasteiger partial charge in [-0.1, -0.05) is 24.4 Å². The Morgan fingerprint density at radius 2 is 1.74 bits per heavy atom. The number of nitrogens with one attached hydrogen (secondary N) is 2. The molecule has 0 unspecified atom stereocenters. The quantitative estimate of drug-likeness (QED) is 0.284. The van der Waals surface area contributed by atoms with Gasteiger partial charge in [0.2, 0.25) is 0 Å². The fraction of sp³-hybridized carbons (Fsp3) is 0.174. The predicted molar refractivity (Wildman–Crippen MR) is 125 cm³/mol. The molecule has 1 aromatic heterocycles. The fourth-order valence-electron chi connectivity index (χ4n) is 2.88. The molecule has 1 amide bonds. The monoisotopic (exact) mass is 436 g/mol. The van der Waals surface area contributed by atoms with Crippen molar-refractivity contribution in [3.63, 3.8) is 0 Å². The van der Waals surface area contributed by atoms with E-state index in [1.165, 1.54) is 0 Å². The maximum Gasteiger partial charge on any atom is 0.252 e. The van der Waals surface area contributed by atoms with Crippen LogP contribution in [0.4, 0.5) is 5.69 Å². The molecule has 0 spiro atoms. The number of hydrogen-bond acceptors (Lipinski definition) is 6. The topological polar surface area (TPSA) is 86.7 Å². The molecule has 3 aromatic rings. The van der Waals surface area contributed by atoms with Gasteiger partial charge in [0, 0.05) is 43.3 Å².